The third-order valence-corrected chi connectivity index (χ3v) is 4.17. The van der Waals surface area contributed by atoms with E-state index in [9.17, 15) is 14.4 Å². The quantitative estimate of drug-likeness (QED) is 0.671. The van der Waals surface area contributed by atoms with E-state index in [-0.39, 0.29) is 25.5 Å². The Labute approximate surface area is 160 Å². The molecular formula is C21H29NO5. The van der Waals surface area contributed by atoms with Crippen LogP contribution >= 0.6 is 0 Å². The Morgan fingerprint density at radius 1 is 1.11 bits per heavy atom. The van der Waals surface area contributed by atoms with Crippen molar-refractivity contribution in [2.45, 2.75) is 58.7 Å². The molecule has 0 radical (unpaired) electrons. The Hall–Kier alpha value is -2.37. The van der Waals surface area contributed by atoms with E-state index in [1.807, 2.05) is 30.3 Å². The summed E-state index contributed by atoms with van der Waals surface area (Å²) in [6.07, 6.45) is 2.81. The number of carbonyl (C=O) groups is 3. The first-order valence-electron chi connectivity index (χ1n) is 9.42. The van der Waals surface area contributed by atoms with E-state index in [2.05, 4.69) is 5.32 Å². The normalized spacial score (nSPS) is 14.9. The maximum absolute atomic E-state index is 12.5. The molecule has 2 rings (SSSR count). The zero-order valence-electron chi connectivity index (χ0n) is 16.3. The van der Waals surface area contributed by atoms with Crippen molar-refractivity contribution >= 4 is 17.8 Å². The van der Waals surface area contributed by atoms with E-state index in [1.165, 1.54) is 0 Å². The van der Waals surface area contributed by atoms with E-state index >= 15 is 0 Å². The smallest absolute Gasteiger partial charge is 0.325 e. The molecule has 6 nitrogen and oxygen atoms in total. The van der Waals surface area contributed by atoms with Crippen molar-refractivity contribution in [3.8, 4) is 0 Å². The molecule has 0 saturated heterocycles. The van der Waals surface area contributed by atoms with Gasteiger partial charge in [-0.2, -0.15) is 0 Å². The molecule has 1 aliphatic rings. The van der Waals surface area contributed by atoms with Crippen LogP contribution in [0.2, 0.25) is 0 Å². The Bertz CT molecular complexity index is 646. The van der Waals surface area contributed by atoms with Gasteiger partial charge in [-0.25, -0.2) is 0 Å². The SMILES string of the molecule is CC(C)(C)OC(=O)CNC(=O)[C@@H](CC(=O)OCc1ccccc1)CC1CC1. The number of hydrogen-bond acceptors (Lipinski definition) is 5. The number of ether oxygens (including phenoxy) is 2. The van der Waals surface area contributed by atoms with Crippen LogP contribution in [-0.4, -0.2) is 30.0 Å². The van der Waals surface area contributed by atoms with Gasteiger partial charge in [-0.05, 0) is 38.7 Å². The number of benzene rings is 1. The lowest BCUT2D eigenvalue weighted by Gasteiger charge is -2.20. The van der Waals surface area contributed by atoms with Gasteiger partial charge in [0.2, 0.25) is 5.91 Å². The first kappa shape index (κ1) is 20.9. The maximum atomic E-state index is 12.5. The molecule has 1 N–H and O–H groups in total. The highest BCUT2D eigenvalue weighted by Crippen LogP contribution is 2.36. The fourth-order valence-corrected chi connectivity index (χ4v) is 2.72. The van der Waals surface area contributed by atoms with E-state index in [1.54, 1.807) is 20.8 Å². The van der Waals surface area contributed by atoms with Crippen LogP contribution in [0.25, 0.3) is 0 Å². The van der Waals surface area contributed by atoms with Crippen molar-refractivity contribution in [1.29, 1.82) is 0 Å². The van der Waals surface area contributed by atoms with Gasteiger partial charge >= 0.3 is 11.9 Å². The van der Waals surface area contributed by atoms with Crippen LogP contribution in [0.3, 0.4) is 0 Å². The van der Waals surface area contributed by atoms with Crippen LogP contribution in [0.5, 0.6) is 0 Å². The Morgan fingerprint density at radius 2 is 1.78 bits per heavy atom. The first-order valence-corrected chi connectivity index (χ1v) is 9.42. The van der Waals surface area contributed by atoms with Gasteiger partial charge in [0, 0.05) is 5.92 Å². The van der Waals surface area contributed by atoms with Crippen molar-refractivity contribution in [3.05, 3.63) is 35.9 Å². The third-order valence-electron chi connectivity index (χ3n) is 4.17. The lowest BCUT2D eigenvalue weighted by Crippen LogP contribution is -2.38. The molecule has 148 valence electrons. The summed E-state index contributed by atoms with van der Waals surface area (Å²) in [6.45, 7) is 5.30. The molecule has 1 aliphatic carbocycles. The van der Waals surface area contributed by atoms with Gasteiger partial charge in [0.1, 0.15) is 18.8 Å². The first-order chi connectivity index (χ1) is 12.7. The average Bonchev–Trinajstić information content (AvgIpc) is 3.41. The monoisotopic (exact) mass is 375 g/mol. The van der Waals surface area contributed by atoms with E-state index < -0.39 is 23.5 Å². The predicted octanol–water partition coefficient (Wildman–Crippen LogP) is 2.99. The molecule has 1 aromatic carbocycles. The molecule has 0 bridgehead atoms. The second-order valence-corrected chi connectivity index (χ2v) is 8.03. The zero-order chi connectivity index (χ0) is 19.9. The van der Waals surface area contributed by atoms with Gasteiger partial charge < -0.3 is 14.8 Å². The maximum Gasteiger partial charge on any atom is 0.325 e. The van der Waals surface area contributed by atoms with Gasteiger partial charge in [-0.15, -0.1) is 0 Å². The van der Waals surface area contributed by atoms with Crippen LogP contribution < -0.4 is 5.32 Å². The van der Waals surface area contributed by atoms with Crippen molar-refractivity contribution < 1.29 is 23.9 Å². The minimum atomic E-state index is -0.601. The number of esters is 2. The summed E-state index contributed by atoms with van der Waals surface area (Å²) in [4.78, 5) is 36.4. The molecule has 27 heavy (non-hydrogen) atoms. The third kappa shape index (κ3) is 8.71. The zero-order valence-corrected chi connectivity index (χ0v) is 16.3. The summed E-state index contributed by atoms with van der Waals surface area (Å²) in [5.74, 6) is -1.21. The topological polar surface area (TPSA) is 81.7 Å². The largest absolute Gasteiger partial charge is 0.461 e. The molecule has 0 spiro atoms. The van der Waals surface area contributed by atoms with Gasteiger partial charge in [0.25, 0.3) is 0 Å². The fraction of sp³-hybridized carbons (Fsp3) is 0.571. The van der Waals surface area contributed by atoms with E-state index in [0.29, 0.717) is 12.3 Å². The molecular weight excluding hydrogens is 346 g/mol. The molecule has 1 fully saturated rings. The van der Waals surface area contributed by atoms with Crippen LogP contribution in [0, 0.1) is 11.8 Å². The molecule has 1 amide bonds. The summed E-state index contributed by atoms with van der Waals surface area (Å²) in [6, 6.07) is 9.41. The lowest BCUT2D eigenvalue weighted by molar-refractivity contribution is -0.154. The summed E-state index contributed by atoms with van der Waals surface area (Å²) >= 11 is 0. The van der Waals surface area contributed by atoms with E-state index in [4.69, 9.17) is 9.47 Å². The molecule has 0 aromatic heterocycles. The number of nitrogens with one attached hydrogen (secondary N) is 1. The van der Waals surface area contributed by atoms with Gasteiger partial charge in [-0.1, -0.05) is 43.2 Å². The molecule has 6 heteroatoms. The fourth-order valence-electron chi connectivity index (χ4n) is 2.72. The minimum absolute atomic E-state index is 0.0173. The van der Waals surface area contributed by atoms with E-state index in [0.717, 1.165) is 18.4 Å². The lowest BCUT2D eigenvalue weighted by atomic mass is 9.97. The molecule has 0 unspecified atom stereocenters. The number of carbonyl (C=O) groups excluding carboxylic acids is 3. The van der Waals surface area contributed by atoms with Gasteiger partial charge in [0.05, 0.1) is 6.42 Å². The summed E-state index contributed by atoms with van der Waals surface area (Å²) in [5.41, 5.74) is 0.301. The number of hydrogen-bond donors (Lipinski definition) is 1. The molecule has 1 saturated carbocycles. The molecule has 1 atom stereocenters. The van der Waals surface area contributed by atoms with Crippen LogP contribution in [-0.2, 0) is 30.5 Å². The molecule has 0 aliphatic heterocycles. The Balaban J connectivity index is 1.81. The highest BCUT2D eigenvalue weighted by molar-refractivity contribution is 5.86. The molecule has 1 aromatic rings. The predicted molar refractivity (Wildman–Crippen MR) is 101 cm³/mol. The van der Waals surface area contributed by atoms with Crippen molar-refractivity contribution in [1.82, 2.24) is 5.32 Å². The van der Waals surface area contributed by atoms with Crippen molar-refractivity contribution in [2.75, 3.05) is 6.54 Å². The van der Waals surface area contributed by atoms with Crippen LogP contribution in [0.1, 0.15) is 52.0 Å². The standard InChI is InChI=1S/C21H29NO5/c1-21(2,3)27-19(24)13-22-20(25)17(11-15-9-10-15)12-18(23)26-14-16-7-5-4-6-8-16/h4-8,15,17H,9-14H2,1-3H3,(H,22,25)/t17-/m1/s1. The summed E-state index contributed by atoms with van der Waals surface area (Å²) in [5, 5.41) is 2.60. The second-order valence-electron chi connectivity index (χ2n) is 8.03. The highest BCUT2D eigenvalue weighted by atomic mass is 16.6. The van der Waals surface area contributed by atoms with Crippen molar-refractivity contribution in [2.24, 2.45) is 11.8 Å². The number of amides is 1. The Morgan fingerprint density at radius 3 is 2.37 bits per heavy atom. The highest BCUT2D eigenvalue weighted by Gasteiger charge is 2.31. The van der Waals surface area contributed by atoms with Gasteiger partial charge in [-0.3, -0.25) is 14.4 Å². The minimum Gasteiger partial charge on any atom is -0.461 e. The average molecular weight is 375 g/mol. The molecule has 0 heterocycles. The Kier molecular flexibility index (Phi) is 7.39. The summed E-state index contributed by atoms with van der Waals surface area (Å²) in [7, 11) is 0. The second kappa shape index (κ2) is 9.53. The number of rotatable bonds is 9. The van der Waals surface area contributed by atoms with Crippen LogP contribution in [0.4, 0.5) is 0 Å². The van der Waals surface area contributed by atoms with Crippen molar-refractivity contribution in [3.63, 3.8) is 0 Å². The van der Waals surface area contributed by atoms with Gasteiger partial charge in [0.15, 0.2) is 0 Å². The van der Waals surface area contributed by atoms with Crippen LogP contribution in [0.15, 0.2) is 30.3 Å². The summed E-state index contributed by atoms with van der Waals surface area (Å²) < 4.78 is 10.5.